The van der Waals surface area contributed by atoms with Gasteiger partial charge in [-0.1, -0.05) is 27.5 Å². The van der Waals surface area contributed by atoms with Gasteiger partial charge in [0.25, 0.3) is 5.91 Å². The lowest BCUT2D eigenvalue weighted by Crippen LogP contribution is -2.13. The summed E-state index contributed by atoms with van der Waals surface area (Å²) in [6, 6.07) is 5.65. The molecule has 0 saturated heterocycles. The molecule has 0 aliphatic rings. The number of anilines is 1. The Balaban J connectivity index is 2.28. The minimum Gasteiger partial charge on any atom is -0.319 e. The van der Waals surface area contributed by atoms with Gasteiger partial charge in [0.05, 0.1) is 5.69 Å². The smallest absolute Gasteiger partial charge is 0.255 e. The molecule has 19 heavy (non-hydrogen) atoms. The van der Waals surface area contributed by atoms with Crippen molar-refractivity contribution >= 4 is 39.1 Å². The fraction of sp³-hybridized carbons (Fsp3) is 0.0769. The number of nitrogens with zero attached hydrogens (tertiary/aromatic N) is 1. The fourth-order valence-electron chi connectivity index (χ4n) is 1.52. The van der Waals surface area contributed by atoms with E-state index in [1.54, 1.807) is 12.3 Å². The Labute approximate surface area is 122 Å². The number of halogens is 3. The predicted molar refractivity (Wildman–Crippen MR) is 76.0 cm³/mol. The second kappa shape index (κ2) is 5.67. The third kappa shape index (κ3) is 3.52. The summed E-state index contributed by atoms with van der Waals surface area (Å²) in [6.45, 7) is 1.83. The molecule has 1 aromatic heterocycles. The minimum absolute atomic E-state index is 0.189. The van der Waals surface area contributed by atoms with E-state index in [1.807, 2.05) is 6.92 Å². The van der Waals surface area contributed by atoms with Crippen LogP contribution in [0, 0.1) is 12.7 Å². The van der Waals surface area contributed by atoms with Crippen molar-refractivity contribution in [2.24, 2.45) is 0 Å². The van der Waals surface area contributed by atoms with E-state index in [9.17, 15) is 9.18 Å². The van der Waals surface area contributed by atoms with Crippen molar-refractivity contribution in [1.29, 1.82) is 0 Å². The molecule has 0 aliphatic heterocycles. The van der Waals surface area contributed by atoms with Crippen molar-refractivity contribution in [3.05, 3.63) is 57.0 Å². The van der Waals surface area contributed by atoms with Crippen LogP contribution in [-0.2, 0) is 0 Å². The van der Waals surface area contributed by atoms with E-state index in [-0.39, 0.29) is 10.7 Å². The Bertz CT molecular complexity index is 628. The van der Waals surface area contributed by atoms with Gasteiger partial charge in [0.2, 0.25) is 0 Å². The number of hydrogen-bond donors (Lipinski definition) is 1. The predicted octanol–water partition coefficient (Wildman–Crippen LogP) is 4.20. The number of nitrogens with one attached hydrogen (secondary N) is 1. The van der Waals surface area contributed by atoms with Crippen LogP contribution in [-0.4, -0.2) is 10.9 Å². The van der Waals surface area contributed by atoms with Gasteiger partial charge < -0.3 is 5.32 Å². The Morgan fingerprint density at radius 3 is 2.79 bits per heavy atom. The zero-order valence-electron chi connectivity index (χ0n) is 9.88. The molecule has 3 nitrogen and oxygen atoms in total. The van der Waals surface area contributed by atoms with Gasteiger partial charge >= 0.3 is 0 Å². The molecule has 98 valence electrons. The first-order chi connectivity index (χ1) is 8.95. The monoisotopic (exact) mass is 342 g/mol. The molecule has 2 aromatic rings. The minimum atomic E-state index is -0.493. The van der Waals surface area contributed by atoms with Gasteiger partial charge in [-0.2, -0.15) is 0 Å². The van der Waals surface area contributed by atoms with E-state index in [0.717, 1.165) is 11.6 Å². The van der Waals surface area contributed by atoms with E-state index in [0.29, 0.717) is 10.2 Å². The van der Waals surface area contributed by atoms with E-state index in [2.05, 4.69) is 26.2 Å². The maximum Gasteiger partial charge on any atom is 0.255 e. The first kappa shape index (κ1) is 14.0. The molecule has 1 heterocycles. The summed E-state index contributed by atoms with van der Waals surface area (Å²) in [5.41, 5.74) is 1.46. The van der Waals surface area contributed by atoms with Crippen molar-refractivity contribution in [3.63, 3.8) is 0 Å². The fourth-order valence-corrected chi connectivity index (χ4v) is 2.14. The van der Waals surface area contributed by atoms with Crippen LogP contribution in [0.4, 0.5) is 10.1 Å². The van der Waals surface area contributed by atoms with Gasteiger partial charge in [0, 0.05) is 16.2 Å². The molecule has 1 aromatic carbocycles. The van der Waals surface area contributed by atoms with Crippen LogP contribution in [0.15, 0.2) is 34.9 Å². The number of rotatable bonds is 2. The molecule has 1 N–H and O–H groups in total. The maximum atomic E-state index is 13.2. The molecule has 0 saturated carbocycles. The summed E-state index contributed by atoms with van der Waals surface area (Å²) in [4.78, 5) is 15.9. The van der Waals surface area contributed by atoms with Gasteiger partial charge in [0.15, 0.2) is 5.15 Å². The summed E-state index contributed by atoms with van der Waals surface area (Å²) in [5, 5.41) is 2.79. The molecule has 0 aliphatic carbocycles. The molecule has 1 amide bonds. The Morgan fingerprint density at radius 2 is 2.11 bits per heavy atom. The highest BCUT2D eigenvalue weighted by Gasteiger charge is 2.11. The molecule has 0 bridgehead atoms. The van der Waals surface area contributed by atoms with Gasteiger partial charge in [-0.15, -0.1) is 0 Å². The third-order valence-corrected chi connectivity index (χ3v) is 3.11. The highest BCUT2D eigenvalue weighted by atomic mass is 79.9. The van der Waals surface area contributed by atoms with Crippen molar-refractivity contribution in [1.82, 2.24) is 4.98 Å². The number of carbonyl (C=O) groups is 1. The Hall–Kier alpha value is -1.46. The average molecular weight is 344 g/mol. The summed E-state index contributed by atoms with van der Waals surface area (Å²) in [5.74, 6) is -0.942. The van der Waals surface area contributed by atoms with Crippen molar-refractivity contribution in [2.75, 3.05) is 5.32 Å². The molecule has 2 rings (SSSR count). The summed E-state index contributed by atoms with van der Waals surface area (Å²) in [6.07, 6.45) is 1.59. The Morgan fingerprint density at radius 1 is 1.37 bits per heavy atom. The summed E-state index contributed by atoms with van der Waals surface area (Å²) in [7, 11) is 0. The second-order valence-electron chi connectivity index (χ2n) is 3.96. The third-order valence-electron chi connectivity index (χ3n) is 2.35. The van der Waals surface area contributed by atoms with Gasteiger partial charge in [0.1, 0.15) is 5.82 Å². The number of carbonyl (C=O) groups excluding carboxylic acids is 1. The maximum absolute atomic E-state index is 13.2. The van der Waals surface area contributed by atoms with E-state index >= 15 is 0 Å². The summed E-state index contributed by atoms with van der Waals surface area (Å²) < 4.78 is 13.7. The van der Waals surface area contributed by atoms with Crippen molar-refractivity contribution in [2.45, 2.75) is 6.92 Å². The number of amides is 1. The first-order valence-corrected chi connectivity index (χ1v) is 6.52. The normalized spacial score (nSPS) is 10.3. The molecule has 0 unspecified atom stereocenters. The van der Waals surface area contributed by atoms with Crippen molar-refractivity contribution in [3.8, 4) is 0 Å². The highest BCUT2D eigenvalue weighted by molar-refractivity contribution is 9.10. The number of pyridine rings is 1. The van der Waals surface area contributed by atoms with Crippen LogP contribution < -0.4 is 5.32 Å². The van der Waals surface area contributed by atoms with E-state index in [4.69, 9.17) is 11.6 Å². The first-order valence-electron chi connectivity index (χ1n) is 5.35. The van der Waals surface area contributed by atoms with Crippen LogP contribution in [0.5, 0.6) is 0 Å². The number of aromatic nitrogens is 1. The standard InChI is InChI=1S/C13H9BrClFN2O/c1-7-2-11(12(15)17-6-7)18-13(19)8-3-9(14)5-10(16)4-8/h2-6H,1H3,(H,18,19). The van der Waals surface area contributed by atoms with Gasteiger partial charge in [-0.3, -0.25) is 4.79 Å². The largest absolute Gasteiger partial charge is 0.319 e. The van der Waals surface area contributed by atoms with Crippen LogP contribution in [0.1, 0.15) is 15.9 Å². The van der Waals surface area contributed by atoms with E-state index in [1.165, 1.54) is 12.1 Å². The number of benzene rings is 1. The highest BCUT2D eigenvalue weighted by Crippen LogP contribution is 2.21. The molecule has 0 atom stereocenters. The van der Waals surface area contributed by atoms with Gasteiger partial charge in [-0.05, 0) is 36.8 Å². The molecular weight excluding hydrogens is 335 g/mol. The molecule has 6 heteroatoms. The van der Waals surface area contributed by atoms with Crippen LogP contribution >= 0.6 is 27.5 Å². The van der Waals surface area contributed by atoms with Gasteiger partial charge in [-0.25, -0.2) is 9.37 Å². The molecular formula is C13H9BrClFN2O. The van der Waals surface area contributed by atoms with Crippen LogP contribution in [0.25, 0.3) is 0 Å². The second-order valence-corrected chi connectivity index (χ2v) is 5.24. The zero-order chi connectivity index (χ0) is 14.0. The zero-order valence-corrected chi connectivity index (χ0v) is 12.2. The van der Waals surface area contributed by atoms with E-state index < -0.39 is 11.7 Å². The SMILES string of the molecule is Cc1cnc(Cl)c(NC(=O)c2cc(F)cc(Br)c2)c1. The molecule has 0 radical (unpaired) electrons. The van der Waals surface area contributed by atoms with Crippen molar-refractivity contribution < 1.29 is 9.18 Å². The lowest BCUT2D eigenvalue weighted by atomic mass is 10.2. The lowest BCUT2D eigenvalue weighted by molar-refractivity contribution is 0.102. The van der Waals surface area contributed by atoms with Crippen LogP contribution in [0.3, 0.4) is 0 Å². The summed E-state index contributed by atoms with van der Waals surface area (Å²) >= 11 is 9.02. The topological polar surface area (TPSA) is 42.0 Å². The Kier molecular flexibility index (Phi) is 4.17. The molecule has 0 fully saturated rings. The number of hydrogen-bond acceptors (Lipinski definition) is 2. The quantitative estimate of drug-likeness (QED) is 0.831. The number of aryl methyl sites for hydroxylation is 1. The van der Waals surface area contributed by atoms with Crippen LogP contribution in [0.2, 0.25) is 5.15 Å². The lowest BCUT2D eigenvalue weighted by Gasteiger charge is -2.08. The molecule has 0 spiro atoms. The average Bonchev–Trinajstić information content (AvgIpc) is 2.32.